The Kier molecular flexibility index (Phi) is 2.44. The minimum atomic E-state index is -0.697. The number of fused-ring (bicyclic) bond motifs is 1. The van der Waals surface area contributed by atoms with Gasteiger partial charge in [-0.1, -0.05) is 12.1 Å². The summed E-state index contributed by atoms with van der Waals surface area (Å²) in [7, 11) is 0. The van der Waals surface area contributed by atoms with Crippen molar-refractivity contribution in [3.63, 3.8) is 0 Å². The smallest absolute Gasteiger partial charge is 0.300 e. The van der Waals surface area contributed by atoms with E-state index in [1.165, 1.54) is 6.07 Å². The minimum Gasteiger partial charge on any atom is -0.423 e. The number of aromatic nitrogens is 1. The molecule has 0 saturated carbocycles. The molecule has 3 nitrogen and oxygen atoms in total. The number of benzene rings is 2. The van der Waals surface area contributed by atoms with Gasteiger partial charge in [0.05, 0.1) is 5.69 Å². The molecule has 0 atom stereocenters. The molecular weight excluding hydrogens is 238 g/mol. The first kappa shape index (κ1) is 10.7. The SMILES string of the molecule is Fc1ccc(Nc2nc3ccccc3o2)c(F)c1. The molecule has 5 heteroatoms. The van der Waals surface area contributed by atoms with E-state index < -0.39 is 11.6 Å². The molecule has 1 heterocycles. The van der Waals surface area contributed by atoms with Gasteiger partial charge in [-0.15, -0.1) is 0 Å². The van der Waals surface area contributed by atoms with Crippen LogP contribution in [0.15, 0.2) is 46.9 Å². The molecule has 0 aliphatic carbocycles. The van der Waals surface area contributed by atoms with E-state index in [2.05, 4.69) is 10.3 Å². The quantitative estimate of drug-likeness (QED) is 0.746. The number of oxazole rings is 1. The highest BCUT2D eigenvalue weighted by molar-refractivity contribution is 5.75. The molecule has 0 aliphatic heterocycles. The summed E-state index contributed by atoms with van der Waals surface area (Å²) in [4.78, 5) is 4.13. The maximum atomic E-state index is 13.4. The number of rotatable bonds is 2. The zero-order chi connectivity index (χ0) is 12.5. The average Bonchev–Trinajstić information content (AvgIpc) is 2.75. The molecule has 0 amide bonds. The van der Waals surface area contributed by atoms with Gasteiger partial charge in [0, 0.05) is 6.07 Å². The van der Waals surface area contributed by atoms with Gasteiger partial charge in [0.2, 0.25) is 0 Å². The predicted octanol–water partition coefficient (Wildman–Crippen LogP) is 3.85. The van der Waals surface area contributed by atoms with Crippen LogP contribution >= 0.6 is 0 Å². The van der Waals surface area contributed by atoms with Gasteiger partial charge in [0.15, 0.2) is 5.58 Å². The number of hydrogen-bond donors (Lipinski definition) is 1. The Balaban J connectivity index is 1.96. The van der Waals surface area contributed by atoms with Gasteiger partial charge in [-0.3, -0.25) is 0 Å². The summed E-state index contributed by atoms with van der Waals surface area (Å²) in [6.45, 7) is 0. The lowest BCUT2D eigenvalue weighted by Gasteiger charge is -2.02. The fourth-order valence-corrected chi connectivity index (χ4v) is 1.63. The molecule has 0 spiro atoms. The van der Waals surface area contributed by atoms with E-state index in [1.807, 2.05) is 12.1 Å². The van der Waals surface area contributed by atoms with Crippen LogP contribution in [0.25, 0.3) is 11.1 Å². The molecule has 1 aromatic heterocycles. The van der Waals surface area contributed by atoms with Crippen molar-refractivity contribution >= 4 is 22.8 Å². The first-order chi connectivity index (χ1) is 8.72. The van der Waals surface area contributed by atoms with E-state index in [-0.39, 0.29) is 11.7 Å². The number of nitrogens with one attached hydrogen (secondary N) is 1. The molecule has 2 aromatic carbocycles. The predicted molar refractivity (Wildman–Crippen MR) is 63.6 cm³/mol. The fourth-order valence-electron chi connectivity index (χ4n) is 1.63. The van der Waals surface area contributed by atoms with Gasteiger partial charge < -0.3 is 9.73 Å². The highest BCUT2D eigenvalue weighted by Crippen LogP contribution is 2.23. The van der Waals surface area contributed by atoms with Crippen LogP contribution in [0.1, 0.15) is 0 Å². The van der Waals surface area contributed by atoms with Crippen molar-refractivity contribution in [2.45, 2.75) is 0 Å². The number of halogens is 2. The van der Waals surface area contributed by atoms with Gasteiger partial charge in [0.25, 0.3) is 6.01 Å². The fraction of sp³-hybridized carbons (Fsp3) is 0. The second-order valence-corrected chi connectivity index (χ2v) is 3.74. The first-order valence-corrected chi connectivity index (χ1v) is 5.30. The maximum absolute atomic E-state index is 13.4. The van der Waals surface area contributed by atoms with Crippen LogP contribution in [-0.2, 0) is 0 Å². The molecule has 0 fully saturated rings. The molecule has 1 N–H and O–H groups in total. The summed E-state index contributed by atoms with van der Waals surface area (Å²) in [6, 6.07) is 10.6. The van der Waals surface area contributed by atoms with Crippen LogP contribution in [0.3, 0.4) is 0 Å². The van der Waals surface area contributed by atoms with E-state index in [0.29, 0.717) is 11.1 Å². The third-order valence-corrected chi connectivity index (χ3v) is 2.47. The Morgan fingerprint density at radius 1 is 1.06 bits per heavy atom. The van der Waals surface area contributed by atoms with Crippen molar-refractivity contribution in [2.24, 2.45) is 0 Å². The maximum Gasteiger partial charge on any atom is 0.300 e. The Labute approximate surface area is 101 Å². The Morgan fingerprint density at radius 2 is 1.89 bits per heavy atom. The zero-order valence-electron chi connectivity index (χ0n) is 9.15. The van der Waals surface area contributed by atoms with Gasteiger partial charge in [0.1, 0.15) is 17.2 Å². The van der Waals surface area contributed by atoms with Crippen molar-refractivity contribution in [3.8, 4) is 0 Å². The molecular formula is C13H8F2N2O. The number of hydrogen-bond acceptors (Lipinski definition) is 3. The molecule has 3 aromatic rings. The number of nitrogens with zero attached hydrogens (tertiary/aromatic N) is 1. The Morgan fingerprint density at radius 3 is 2.67 bits per heavy atom. The largest absolute Gasteiger partial charge is 0.423 e. The van der Waals surface area contributed by atoms with E-state index >= 15 is 0 Å². The molecule has 0 saturated heterocycles. The first-order valence-electron chi connectivity index (χ1n) is 5.30. The van der Waals surface area contributed by atoms with E-state index in [1.54, 1.807) is 12.1 Å². The van der Waals surface area contributed by atoms with Gasteiger partial charge in [-0.25, -0.2) is 8.78 Å². The van der Waals surface area contributed by atoms with E-state index in [9.17, 15) is 8.78 Å². The Bertz CT molecular complexity index is 676. The van der Waals surface area contributed by atoms with E-state index in [0.717, 1.165) is 12.1 Å². The summed E-state index contributed by atoms with van der Waals surface area (Å²) < 4.78 is 31.5. The summed E-state index contributed by atoms with van der Waals surface area (Å²) in [5.41, 5.74) is 1.38. The van der Waals surface area contributed by atoms with Crippen molar-refractivity contribution in [3.05, 3.63) is 54.1 Å². The van der Waals surface area contributed by atoms with Crippen LogP contribution in [0.5, 0.6) is 0 Å². The lowest BCUT2D eigenvalue weighted by Crippen LogP contribution is -1.94. The molecule has 3 rings (SSSR count). The highest BCUT2D eigenvalue weighted by atomic mass is 19.1. The highest BCUT2D eigenvalue weighted by Gasteiger charge is 2.08. The zero-order valence-corrected chi connectivity index (χ0v) is 9.15. The summed E-state index contributed by atoms with van der Waals surface area (Å²) >= 11 is 0. The topological polar surface area (TPSA) is 38.1 Å². The Hall–Kier alpha value is -2.43. The number of para-hydroxylation sites is 2. The van der Waals surface area contributed by atoms with Crippen LogP contribution in [0.4, 0.5) is 20.5 Å². The molecule has 0 aliphatic rings. The van der Waals surface area contributed by atoms with Crippen LogP contribution in [0, 0.1) is 11.6 Å². The average molecular weight is 246 g/mol. The minimum absolute atomic E-state index is 0.114. The van der Waals surface area contributed by atoms with Crippen LogP contribution < -0.4 is 5.32 Å². The van der Waals surface area contributed by atoms with Crippen molar-refractivity contribution in [1.29, 1.82) is 0 Å². The lowest BCUT2D eigenvalue weighted by molar-refractivity contribution is 0.582. The molecule has 90 valence electrons. The van der Waals surface area contributed by atoms with Gasteiger partial charge in [-0.2, -0.15) is 4.98 Å². The van der Waals surface area contributed by atoms with Gasteiger partial charge >= 0.3 is 0 Å². The summed E-state index contributed by atoms with van der Waals surface area (Å²) in [6.07, 6.45) is 0. The van der Waals surface area contributed by atoms with Crippen molar-refractivity contribution < 1.29 is 13.2 Å². The van der Waals surface area contributed by atoms with Crippen molar-refractivity contribution in [2.75, 3.05) is 5.32 Å². The van der Waals surface area contributed by atoms with Crippen molar-refractivity contribution in [1.82, 2.24) is 4.98 Å². The van der Waals surface area contributed by atoms with Crippen LogP contribution in [0.2, 0.25) is 0 Å². The lowest BCUT2D eigenvalue weighted by atomic mass is 10.3. The third kappa shape index (κ3) is 1.90. The monoisotopic (exact) mass is 246 g/mol. The molecule has 0 bridgehead atoms. The normalized spacial score (nSPS) is 10.8. The van der Waals surface area contributed by atoms with E-state index in [4.69, 9.17) is 4.42 Å². The molecule has 0 radical (unpaired) electrons. The summed E-state index contributed by atoms with van der Waals surface area (Å²) in [5.74, 6) is -1.33. The summed E-state index contributed by atoms with van der Waals surface area (Å²) in [5, 5.41) is 2.67. The molecule has 0 unspecified atom stereocenters. The number of anilines is 2. The third-order valence-electron chi connectivity index (χ3n) is 2.47. The van der Waals surface area contributed by atoms with Crippen LogP contribution in [-0.4, -0.2) is 4.98 Å². The standard InChI is InChI=1S/C13H8F2N2O/c14-8-5-6-10(9(15)7-8)16-13-17-11-3-1-2-4-12(11)18-13/h1-7H,(H,16,17). The molecule has 18 heavy (non-hydrogen) atoms. The van der Waals surface area contributed by atoms with Gasteiger partial charge in [-0.05, 0) is 24.3 Å². The second-order valence-electron chi connectivity index (χ2n) is 3.74. The second kappa shape index (κ2) is 4.10.